The Bertz CT molecular complexity index is 314. The van der Waals surface area contributed by atoms with Crippen LogP contribution in [0.15, 0.2) is 0 Å². The molecule has 7 heteroatoms. The van der Waals surface area contributed by atoms with Gasteiger partial charge in [-0.05, 0) is 6.92 Å². The Morgan fingerprint density at radius 3 is 1.87 bits per heavy atom. The number of halogens is 1. The first-order valence-electron chi connectivity index (χ1n) is 5.63. The highest BCUT2D eigenvalue weighted by molar-refractivity contribution is 7.91. The molecule has 1 unspecified atom stereocenters. The van der Waals surface area contributed by atoms with E-state index in [-0.39, 0.29) is 0 Å². The van der Waals surface area contributed by atoms with Crippen molar-refractivity contribution in [3.8, 4) is 0 Å². The molecule has 0 aromatic carbocycles. The zero-order chi connectivity index (χ0) is 11.1. The summed E-state index contributed by atoms with van der Waals surface area (Å²) in [4.78, 5) is 0. The average Bonchev–Trinajstić information content (AvgIpc) is 2.96. The van der Waals surface area contributed by atoms with E-state index >= 15 is 0 Å². The zero-order valence-corrected chi connectivity index (χ0v) is 9.84. The minimum Gasteiger partial charge on any atom is -0.285 e. The number of hydrogen-bond acceptors (Lipinski definition) is 2. The molecule has 0 radical (unpaired) electrons. The molecule has 0 spiro atoms. The molecule has 15 heavy (non-hydrogen) atoms. The first kappa shape index (κ1) is 11.5. The van der Waals surface area contributed by atoms with Crippen molar-refractivity contribution in [2.45, 2.75) is 49.7 Å². The third-order valence-corrected chi connectivity index (χ3v) is 4.93. The summed E-state index contributed by atoms with van der Waals surface area (Å²) < 4.78 is 37.8. The van der Waals surface area contributed by atoms with Crippen molar-refractivity contribution in [2.24, 2.45) is 0 Å². The predicted molar refractivity (Wildman–Crippen MR) is 61.6 cm³/mol. The Labute approximate surface area is 92.0 Å². The van der Waals surface area contributed by atoms with E-state index in [2.05, 4.69) is 0 Å². The molecule has 3 nitrogen and oxygen atoms in total. The van der Waals surface area contributed by atoms with Crippen LogP contribution in [0.1, 0.15) is 32.6 Å². The molecule has 2 saturated carbocycles. The molecule has 0 saturated heterocycles. The van der Waals surface area contributed by atoms with E-state index in [1.165, 1.54) is 4.13 Å². The summed E-state index contributed by atoms with van der Waals surface area (Å²) >= 11 is 0. The summed E-state index contributed by atoms with van der Waals surface area (Å²) in [5.74, 6) is 0.967. The monoisotopic (exact) mass is 231 g/mol. The fraction of sp³-hybridized carbons (Fsp3) is 1.00. The molecule has 2 fully saturated rings. The van der Waals surface area contributed by atoms with E-state index < -0.39 is 15.5 Å². The lowest BCUT2D eigenvalue weighted by atomic mass is 9.74. The first-order chi connectivity index (χ1) is 7.00. The first-order valence-corrected chi connectivity index (χ1v) is 7.13. The summed E-state index contributed by atoms with van der Waals surface area (Å²) in [5.41, 5.74) is -1.77. The lowest BCUT2D eigenvalue weighted by molar-refractivity contribution is 0.434. The van der Waals surface area contributed by atoms with Crippen LogP contribution in [-0.4, -0.2) is 32.9 Å². The third-order valence-electron chi connectivity index (χ3n) is 3.09. The molecule has 1 atom stereocenters. The van der Waals surface area contributed by atoms with Crippen LogP contribution < -0.4 is 0 Å². The second-order valence-electron chi connectivity index (χ2n) is 4.79. The van der Waals surface area contributed by atoms with E-state index in [4.69, 9.17) is 0 Å². The Kier molecular flexibility index (Phi) is 3.12. The smallest absolute Gasteiger partial charge is 0.226 e. The second-order valence-corrected chi connectivity index (χ2v) is 6.99. The van der Waals surface area contributed by atoms with Crippen LogP contribution in [0.4, 0.5) is 4.39 Å². The molecule has 0 N–H and O–H groups in total. The zero-order valence-electron chi connectivity index (χ0n) is 9.02. The topological polar surface area (TPSA) is 37.4 Å². The van der Waals surface area contributed by atoms with Gasteiger partial charge in [0.05, 0.1) is 0 Å². The number of rotatable bonds is 6. The summed E-state index contributed by atoms with van der Waals surface area (Å²) in [6.07, 6.45) is 4.38. The Morgan fingerprint density at radius 1 is 1.20 bits per heavy atom. The van der Waals surface area contributed by atoms with Crippen molar-refractivity contribution in [3.05, 3.63) is 0 Å². The van der Waals surface area contributed by atoms with Crippen LogP contribution in [0.5, 0.6) is 0 Å². The van der Waals surface area contributed by atoms with Gasteiger partial charge in [0.1, 0.15) is 0 Å². The fourth-order valence-corrected chi connectivity index (χ4v) is 2.91. The molecule has 84 valence electrons. The van der Waals surface area contributed by atoms with Gasteiger partial charge in [-0.25, -0.2) is 12.8 Å². The largest absolute Gasteiger partial charge is 0.285 e. The maximum absolute atomic E-state index is 13.0. The van der Waals surface area contributed by atoms with E-state index in [1.807, 2.05) is 0 Å². The number of alkyl halides is 1. The van der Waals surface area contributed by atoms with Crippen molar-refractivity contribution < 1.29 is 12.8 Å². The molecule has 0 aromatic rings. The van der Waals surface area contributed by atoms with Crippen molar-refractivity contribution >= 4 is 24.9 Å². The van der Waals surface area contributed by atoms with Crippen LogP contribution in [0.3, 0.4) is 0 Å². The molecule has 0 aromatic heterocycles. The van der Waals surface area contributed by atoms with E-state index in [9.17, 15) is 12.8 Å². The van der Waals surface area contributed by atoms with Crippen LogP contribution in [0, 0.1) is 0 Å². The van der Waals surface area contributed by atoms with Gasteiger partial charge in [0.2, 0.25) is 30.4 Å². The summed E-state index contributed by atoms with van der Waals surface area (Å²) in [6, 6.07) is 0. The SMILES string of the molecule is CC(F)S(=O)(=O)N(BC1CC1)BC1CC1. The molecule has 2 rings (SSSR count). The minimum atomic E-state index is -3.68. The van der Waals surface area contributed by atoms with Crippen LogP contribution >= 0.6 is 0 Å². The van der Waals surface area contributed by atoms with Crippen LogP contribution in [-0.2, 0) is 10.0 Å². The lowest BCUT2D eigenvalue weighted by Gasteiger charge is -2.21. The third kappa shape index (κ3) is 2.97. The van der Waals surface area contributed by atoms with Gasteiger partial charge in [-0.3, -0.25) is 4.13 Å². The van der Waals surface area contributed by atoms with Crippen LogP contribution in [0.2, 0.25) is 11.6 Å². The number of hydrogen-bond donors (Lipinski definition) is 0. The minimum absolute atomic E-state index is 0.484. The highest BCUT2D eigenvalue weighted by Gasteiger charge is 2.38. The fourth-order valence-electron chi connectivity index (χ4n) is 1.66. The van der Waals surface area contributed by atoms with Gasteiger partial charge in [-0.2, -0.15) is 0 Å². The van der Waals surface area contributed by atoms with Gasteiger partial charge in [0.25, 0.3) is 0 Å². The van der Waals surface area contributed by atoms with Gasteiger partial charge in [0.15, 0.2) is 0 Å². The molecule has 2 aliphatic rings. The molecular weight excluding hydrogens is 215 g/mol. The second kappa shape index (κ2) is 4.09. The van der Waals surface area contributed by atoms with Crippen molar-refractivity contribution in [1.82, 2.24) is 4.13 Å². The standard InChI is InChI=1S/C8H16B2FNO2S/c1-6(11)15(13,14)12(9-7-2-3-7)10-8-4-5-8/h6-10H,2-5H2,1H3. The molecule has 0 bridgehead atoms. The Balaban J connectivity index is 2.01. The Hall–Kier alpha value is -0.0301. The maximum atomic E-state index is 13.0. The van der Waals surface area contributed by atoms with Crippen molar-refractivity contribution in [3.63, 3.8) is 0 Å². The summed E-state index contributed by atoms with van der Waals surface area (Å²) in [6.45, 7) is 1.11. The van der Waals surface area contributed by atoms with Gasteiger partial charge in [-0.15, -0.1) is 0 Å². The highest BCUT2D eigenvalue weighted by Crippen LogP contribution is 2.40. The van der Waals surface area contributed by atoms with Gasteiger partial charge >= 0.3 is 0 Å². The quantitative estimate of drug-likeness (QED) is 0.634. The van der Waals surface area contributed by atoms with Gasteiger partial charge in [0, 0.05) is 0 Å². The van der Waals surface area contributed by atoms with E-state index in [0.29, 0.717) is 26.5 Å². The van der Waals surface area contributed by atoms with Crippen LogP contribution in [0.25, 0.3) is 0 Å². The normalized spacial score (nSPS) is 23.9. The highest BCUT2D eigenvalue weighted by atomic mass is 32.2. The molecule has 0 heterocycles. The van der Waals surface area contributed by atoms with Crippen molar-refractivity contribution in [2.75, 3.05) is 0 Å². The van der Waals surface area contributed by atoms with Gasteiger partial charge in [-0.1, -0.05) is 37.3 Å². The lowest BCUT2D eigenvalue weighted by Crippen LogP contribution is -2.41. The summed E-state index contributed by atoms with van der Waals surface area (Å²) in [5, 5.41) is 0. The average molecular weight is 231 g/mol. The molecular formula is C8H16B2FNO2S. The maximum Gasteiger partial charge on any atom is 0.226 e. The van der Waals surface area contributed by atoms with Gasteiger partial charge < -0.3 is 0 Å². The Morgan fingerprint density at radius 2 is 1.60 bits per heavy atom. The number of sulfonamides is 1. The van der Waals surface area contributed by atoms with E-state index in [0.717, 1.165) is 32.6 Å². The summed E-state index contributed by atoms with van der Waals surface area (Å²) in [7, 11) is -2.61. The predicted octanol–water partition coefficient (Wildman–Crippen LogP) is 0.801. The number of nitrogens with zero attached hydrogens (tertiary/aromatic N) is 1. The molecule has 0 amide bonds. The molecule has 2 aliphatic carbocycles. The van der Waals surface area contributed by atoms with E-state index in [1.54, 1.807) is 0 Å². The van der Waals surface area contributed by atoms with Crippen molar-refractivity contribution in [1.29, 1.82) is 0 Å². The molecule has 0 aliphatic heterocycles.